The van der Waals surface area contributed by atoms with E-state index in [1.165, 1.54) is 6.42 Å². The fourth-order valence-electron chi connectivity index (χ4n) is 3.67. The van der Waals surface area contributed by atoms with Gasteiger partial charge in [-0.1, -0.05) is 30.1 Å². The molecule has 5 nitrogen and oxygen atoms in total. The van der Waals surface area contributed by atoms with Gasteiger partial charge in [0.05, 0.1) is 23.4 Å². The molecule has 0 N–H and O–H groups in total. The van der Waals surface area contributed by atoms with Gasteiger partial charge in [-0.25, -0.2) is 0 Å². The second kappa shape index (κ2) is 6.84. The van der Waals surface area contributed by atoms with E-state index >= 15 is 0 Å². The summed E-state index contributed by atoms with van der Waals surface area (Å²) < 4.78 is 11.2. The second-order valence-electron chi connectivity index (χ2n) is 6.79. The van der Waals surface area contributed by atoms with E-state index in [0.717, 1.165) is 37.3 Å². The third kappa shape index (κ3) is 3.24. The lowest BCUT2D eigenvalue weighted by atomic mass is 10.1. The van der Waals surface area contributed by atoms with Crippen LogP contribution in [0.2, 0.25) is 0 Å². The molecule has 0 radical (unpaired) electrons. The molecule has 5 heteroatoms. The summed E-state index contributed by atoms with van der Waals surface area (Å²) in [4.78, 5) is 15.1. The molecule has 2 aromatic heterocycles. The fraction of sp³-hybridized carbons (Fsp3) is 0.400. The average Bonchev–Trinajstić information content (AvgIpc) is 2.92. The maximum Gasteiger partial charge on any atom is 0.197 e. The highest BCUT2D eigenvalue weighted by Crippen LogP contribution is 2.31. The Morgan fingerprint density at radius 2 is 2.12 bits per heavy atom. The molecule has 0 spiro atoms. The van der Waals surface area contributed by atoms with Crippen LogP contribution >= 0.6 is 0 Å². The molecular formula is C20H22N2O3. The summed E-state index contributed by atoms with van der Waals surface area (Å²) in [5, 5.41) is 4.68. The van der Waals surface area contributed by atoms with Gasteiger partial charge in [0.25, 0.3) is 0 Å². The molecule has 0 saturated carbocycles. The predicted octanol–water partition coefficient (Wildman–Crippen LogP) is 4.21. The van der Waals surface area contributed by atoms with Gasteiger partial charge in [-0.2, -0.15) is 0 Å². The van der Waals surface area contributed by atoms with E-state index in [4.69, 9.17) is 8.94 Å². The number of para-hydroxylation sites is 1. The molecule has 1 unspecified atom stereocenters. The SMILES string of the molecule is Cc1cc(C2CCCCCN2Cc2coc3ccccc3c2=O)on1. The van der Waals surface area contributed by atoms with Gasteiger partial charge in [-0.3, -0.25) is 9.69 Å². The molecule has 0 aliphatic carbocycles. The molecule has 1 fully saturated rings. The van der Waals surface area contributed by atoms with Crippen molar-refractivity contribution in [1.82, 2.24) is 10.1 Å². The van der Waals surface area contributed by atoms with E-state index in [2.05, 4.69) is 10.1 Å². The molecular weight excluding hydrogens is 316 g/mol. The van der Waals surface area contributed by atoms with Gasteiger partial charge < -0.3 is 8.94 Å². The van der Waals surface area contributed by atoms with Crippen molar-refractivity contribution in [3.05, 3.63) is 63.8 Å². The molecule has 1 aliphatic heterocycles. The molecule has 0 amide bonds. The maximum atomic E-state index is 12.8. The quantitative estimate of drug-likeness (QED) is 0.716. The summed E-state index contributed by atoms with van der Waals surface area (Å²) in [5.74, 6) is 0.893. The summed E-state index contributed by atoms with van der Waals surface area (Å²) in [6.07, 6.45) is 6.12. The maximum absolute atomic E-state index is 12.8. The Kier molecular flexibility index (Phi) is 4.40. The van der Waals surface area contributed by atoms with Crippen molar-refractivity contribution in [2.75, 3.05) is 6.54 Å². The van der Waals surface area contributed by atoms with Crippen molar-refractivity contribution in [1.29, 1.82) is 0 Å². The number of hydrogen-bond acceptors (Lipinski definition) is 5. The molecule has 1 saturated heterocycles. The lowest BCUT2D eigenvalue weighted by Gasteiger charge is -2.27. The van der Waals surface area contributed by atoms with Gasteiger partial charge in [0.15, 0.2) is 11.2 Å². The van der Waals surface area contributed by atoms with Crippen LogP contribution in [0.4, 0.5) is 0 Å². The number of fused-ring (bicyclic) bond motifs is 1. The minimum absolute atomic E-state index is 0.0543. The minimum atomic E-state index is 0.0543. The number of likely N-dealkylation sites (tertiary alicyclic amines) is 1. The molecule has 3 heterocycles. The van der Waals surface area contributed by atoms with Crippen molar-refractivity contribution in [2.45, 2.75) is 45.2 Å². The third-order valence-electron chi connectivity index (χ3n) is 4.96. The first-order valence-corrected chi connectivity index (χ1v) is 8.89. The zero-order valence-electron chi connectivity index (χ0n) is 14.4. The Labute approximate surface area is 146 Å². The van der Waals surface area contributed by atoms with E-state index in [1.54, 1.807) is 6.26 Å². The number of hydrogen-bond donors (Lipinski definition) is 0. The molecule has 4 rings (SSSR count). The first-order valence-electron chi connectivity index (χ1n) is 8.89. The Hall–Kier alpha value is -2.40. The van der Waals surface area contributed by atoms with Gasteiger partial charge in [0.1, 0.15) is 5.58 Å². The van der Waals surface area contributed by atoms with E-state index in [9.17, 15) is 4.79 Å². The van der Waals surface area contributed by atoms with Crippen LogP contribution in [0.15, 0.2) is 50.3 Å². The molecule has 130 valence electrons. The summed E-state index contributed by atoms with van der Waals surface area (Å²) >= 11 is 0. The van der Waals surface area contributed by atoms with Crippen LogP contribution in [0.3, 0.4) is 0 Å². The highest BCUT2D eigenvalue weighted by atomic mass is 16.5. The predicted molar refractivity (Wildman–Crippen MR) is 95.3 cm³/mol. The molecule has 1 aliphatic rings. The van der Waals surface area contributed by atoms with Gasteiger partial charge in [0, 0.05) is 18.2 Å². The van der Waals surface area contributed by atoms with E-state index in [-0.39, 0.29) is 11.5 Å². The van der Waals surface area contributed by atoms with Crippen LogP contribution in [-0.4, -0.2) is 16.6 Å². The van der Waals surface area contributed by atoms with E-state index in [0.29, 0.717) is 23.1 Å². The molecule has 3 aromatic rings. The Balaban J connectivity index is 1.67. The van der Waals surface area contributed by atoms with Crippen molar-refractivity contribution in [3.63, 3.8) is 0 Å². The smallest absolute Gasteiger partial charge is 0.197 e. The van der Waals surface area contributed by atoms with Gasteiger partial charge in [-0.15, -0.1) is 0 Å². The zero-order valence-corrected chi connectivity index (χ0v) is 14.4. The van der Waals surface area contributed by atoms with Gasteiger partial charge >= 0.3 is 0 Å². The van der Waals surface area contributed by atoms with Gasteiger partial charge in [-0.05, 0) is 38.4 Å². The second-order valence-corrected chi connectivity index (χ2v) is 6.79. The van der Waals surface area contributed by atoms with E-state index < -0.39 is 0 Å². The monoisotopic (exact) mass is 338 g/mol. The van der Waals surface area contributed by atoms with E-state index in [1.807, 2.05) is 37.3 Å². The molecule has 1 aromatic carbocycles. The van der Waals surface area contributed by atoms with Crippen LogP contribution in [0, 0.1) is 6.92 Å². The molecule has 1 atom stereocenters. The van der Waals surface area contributed by atoms with Crippen molar-refractivity contribution in [2.24, 2.45) is 0 Å². The third-order valence-corrected chi connectivity index (χ3v) is 4.96. The highest BCUT2D eigenvalue weighted by Gasteiger charge is 2.27. The topological polar surface area (TPSA) is 59.5 Å². The van der Waals surface area contributed by atoms with Crippen LogP contribution in [0.25, 0.3) is 11.0 Å². The molecule has 0 bridgehead atoms. The van der Waals surface area contributed by atoms with Crippen LogP contribution in [0.1, 0.15) is 48.7 Å². The molecule has 25 heavy (non-hydrogen) atoms. The van der Waals surface area contributed by atoms with Crippen LogP contribution < -0.4 is 5.43 Å². The lowest BCUT2D eigenvalue weighted by Crippen LogP contribution is -2.30. The van der Waals surface area contributed by atoms with Gasteiger partial charge in [0.2, 0.25) is 0 Å². The Bertz CT molecular complexity index is 928. The number of benzene rings is 1. The van der Waals surface area contributed by atoms with Crippen molar-refractivity contribution >= 4 is 11.0 Å². The number of rotatable bonds is 3. The standard InChI is InChI=1S/C20H22N2O3/c1-14-11-19(25-21-14)17-8-3-2-6-10-22(17)12-15-13-24-18-9-5-4-7-16(18)20(15)23/h4-5,7,9,11,13,17H,2-3,6,8,10,12H2,1H3. The summed E-state index contributed by atoms with van der Waals surface area (Å²) in [5.41, 5.74) is 2.28. The Morgan fingerprint density at radius 3 is 2.96 bits per heavy atom. The first kappa shape index (κ1) is 16.1. The summed E-state index contributed by atoms with van der Waals surface area (Å²) in [6.45, 7) is 3.44. The summed E-state index contributed by atoms with van der Waals surface area (Å²) in [6, 6.07) is 9.56. The highest BCUT2D eigenvalue weighted by molar-refractivity contribution is 5.76. The number of nitrogens with zero attached hydrogens (tertiary/aromatic N) is 2. The van der Waals surface area contributed by atoms with Crippen molar-refractivity contribution in [3.8, 4) is 0 Å². The zero-order chi connectivity index (χ0) is 17.2. The van der Waals surface area contributed by atoms with Crippen molar-refractivity contribution < 1.29 is 8.94 Å². The Morgan fingerprint density at radius 1 is 1.24 bits per heavy atom. The summed E-state index contributed by atoms with van der Waals surface area (Å²) in [7, 11) is 0. The first-order chi connectivity index (χ1) is 12.2. The minimum Gasteiger partial charge on any atom is -0.464 e. The fourth-order valence-corrected chi connectivity index (χ4v) is 3.67. The average molecular weight is 338 g/mol. The number of aromatic nitrogens is 1. The van der Waals surface area contributed by atoms with Crippen LogP contribution in [0.5, 0.6) is 0 Å². The largest absolute Gasteiger partial charge is 0.464 e. The number of aryl methyl sites for hydroxylation is 1. The van der Waals surface area contributed by atoms with Crippen LogP contribution in [-0.2, 0) is 6.54 Å². The normalized spacial score (nSPS) is 19.2. The lowest BCUT2D eigenvalue weighted by molar-refractivity contribution is 0.159.